The van der Waals surface area contributed by atoms with Gasteiger partial charge >= 0.3 is 0 Å². The zero-order valence-corrected chi connectivity index (χ0v) is 15.9. The van der Waals surface area contributed by atoms with E-state index < -0.39 is 10.0 Å². The molecule has 134 valence electrons. The maximum atomic E-state index is 12.6. The lowest BCUT2D eigenvalue weighted by molar-refractivity contribution is 0.0935. The molecule has 0 spiro atoms. The second-order valence-electron chi connectivity index (χ2n) is 5.91. The van der Waals surface area contributed by atoms with Crippen molar-refractivity contribution in [3.05, 3.63) is 64.2 Å². The number of anilines is 1. The molecule has 1 atom stereocenters. The Bertz CT molecular complexity index is 864. The zero-order chi connectivity index (χ0) is 18.6. The van der Waals surface area contributed by atoms with Gasteiger partial charge in [-0.2, -0.15) is 0 Å². The summed E-state index contributed by atoms with van der Waals surface area (Å²) in [5.41, 5.74) is 2.66. The molecule has 0 saturated carbocycles. The molecule has 0 aliphatic heterocycles. The number of benzene rings is 2. The van der Waals surface area contributed by atoms with Crippen molar-refractivity contribution in [1.82, 2.24) is 5.32 Å². The average Bonchev–Trinajstić information content (AvgIpc) is 2.54. The first-order chi connectivity index (χ1) is 11.7. The highest BCUT2D eigenvalue weighted by Gasteiger charge is 2.17. The van der Waals surface area contributed by atoms with Gasteiger partial charge < -0.3 is 5.32 Å². The standard InChI is InChI=1S/C18H21ClN2O3S/c1-4-17(13-7-5-12(2)6-8-13)20-18(22)15-11-14(9-10-16(15)19)21-25(3,23)24/h5-11,17,21H,4H2,1-3H3,(H,20,22)/t17-/m0/s1. The van der Waals surface area contributed by atoms with Gasteiger partial charge in [0.15, 0.2) is 0 Å². The first-order valence-electron chi connectivity index (χ1n) is 7.84. The van der Waals surface area contributed by atoms with Crippen LogP contribution in [0.1, 0.15) is 40.9 Å². The molecule has 0 fully saturated rings. The summed E-state index contributed by atoms with van der Waals surface area (Å²) in [6.07, 6.45) is 1.76. The van der Waals surface area contributed by atoms with Crippen LogP contribution in [-0.2, 0) is 10.0 Å². The topological polar surface area (TPSA) is 75.3 Å². The Morgan fingerprint density at radius 2 is 1.80 bits per heavy atom. The summed E-state index contributed by atoms with van der Waals surface area (Å²) >= 11 is 6.12. The van der Waals surface area contributed by atoms with Crippen LogP contribution in [-0.4, -0.2) is 20.6 Å². The molecule has 0 aromatic heterocycles. The Labute approximate surface area is 153 Å². The van der Waals surface area contributed by atoms with E-state index in [9.17, 15) is 13.2 Å². The van der Waals surface area contributed by atoms with E-state index in [1.165, 1.54) is 18.2 Å². The van der Waals surface area contributed by atoms with Crippen molar-refractivity contribution < 1.29 is 13.2 Å². The molecule has 2 aromatic rings. The first-order valence-corrected chi connectivity index (χ1v) is 10.1. The number of sulfonamides is 1. The molecule has 7 heteroatoms. The molecule has 5 nitrogen and oxygen atoms in total. The van der Waals surface area contributed by atoms with Crippen molar-refractivity contribution >= 4 is 33.2 Å². The minimum atomic E-state index is -3.43. The lowest BCUT2D eigenvalue weighted by Crippen LogP contribution is -2.28. The van der Waals surface area contributed by atoms with Crippen LogP contribution in [0.25, 0.3) is 0 Å². The van der Waals surface area contributed by atoms with Crippen molar-refractivity contribution in [2.75, 3.05) is 11.0 Å². The highest BCUT2D eigenvalue weighted by molar-refractivity contribution is 7.92. The lowest BCUT2D eigenvalue weighted by Gasteiger charge is -2.18. The lowest BCUT2D eigenvalue weighted by atomic mass is 10.0. The highest BCUT2D eigenvalue weighted by atomic mass is 35.5. The van der Waals surface area contributed by atoms with Crippen molar-refractivity contribution in [2.45, 2.75) is 26.3 Å². The quantitative estimate of drug-likeness (QED) is 0.797. The summed E-state index contributed by atoms with van der Waals surface area (Å²) in [6.45, 7) is 3.98. The normalized spacial score (nSPS) is 12.5. The summed E-state index contributed by atoms with van der Waals surface area (Å²) in [4.78, 5) is 12.6. The van der Waals surface area contributed by atoms with Crippen LogP contribution in [0, 0.1) is 6.92 Å². The maximum Gasteiger partial charge on any atom is 0.253 e. The summed E-state index contributed by atoms with van der Waals surface area (Å²) in [7, 11) is -3.43. The molecule has 0 bridgehead atoms. The van der Waals surface area contributed by atoms with Crippen molar-refractivity contribution in [2.24, 2.45) is 0 Å². The second-order valence-corrected chi connectivity index (χ2v) is 8.07. The van der Waals surface area contributed by atoms with Gasteiger partial charge in [0.05, 0.1) is 22.9 Å². The van der Waals surface area contributed by atoms with Crippen LogP contribution in [0.3, 0.4) is 0 Å². The third kappa shape index (κ3) is 5.47. The third-order valence-electron chi connectivity index (χ3n) is 3.71. The Morgan fingerprint density at radius 3 is 2.36 bits per heavy atom. The number of carbonyl (C=O) groups is 1. The van der Waals surface area contributed by atoms with Gasteiger partial charge in [0, 0.05) is 5.69 Å². The van der Waals surface area contributed by atoms with Crippen LogP contribution >= 0.6 is 11.6 Å². The number of hydrogen-bond donors (Lipinski definition) is 2. The summed E-state index contributed by atoms with van der Waals surface area (Å²) in [5, 5.41) is 3.21. The van der Waals surface area contributed by atoms with E-state index in [2.05, 4.69) is 10.0 Å². The SMILES string of the molecule is CC[C@H](NC(=O)c1cc(NS(C)(=O)=O)ccc1Cl)c1ccc(C)cc1. The number of hydrogen-bond acceptors (Lipinski definition) is 3. The zero-order valence-electron chi connectivity index (χ0n) is 14.3. The summed E-state index contributed by atoms with van der Waals surface area (Å²) in [5.74, 6) is -0.352. The van der Waals surface area contributed by atoms with Crippen LogP contribution in [0.4, 0.5) is 5.69 Å². The smallest absolute Gasteiger partial charge is 0.253 e. The van der Waals surface area contributed by atoms with Gasteiger partial charge in [-0.25, -0.2) is 8.42 Å². The Hall–Kier alpha value is -2.05. The molecule has 2 rings (SSSR count). The minimum absolute atomic E-state index is 0.157. The van der Waals surface area contributed by atoms with E-state index in [0.717, 1.165) is 17.4 Å². The number of nitrogens with one attached hydrogen (secondary N) is 2. The molecule has 0 unspecified atom stereocenters. The minimum Gasteiger partial charge on any atom is -0.345 e. The predicted octanol–water partition coefficient (Wildman–Crippen LogP) is 3.90. The van der Waals surface area contributed by atoms with Crippen LogP contribution in [0.5, 0.6) is 0 Å². The Morgan fingerprint density at radius 1 is 1.16 bits per heavy atom. The molecule has 2 aromatic carbocycles. The highest BCUT2D eigenvalue weighted by Crippen LogP contribution is 2.23. The molecule has 25 heavy (non-hydrogen) atoms. The van der Waals surface area contributed by atoms with Crippen molar-refractivity contribution in [1.29, 1.82) is 0 Å². The van der Waals surface area contributed by atoms with Crippen LogP contribution < -0.4 is 10.0 Å². The number of rotatable bonds is 6. The number of amides is 1. The number of halogens is 1. The van der Waals surface area contributed by atoms with Gasteiger partial charge in [-0.1, -0.05) is 48.4 Å². The summed E-state index contributed by atoms with van der Waals surface area (Å²) < 4.78 is 25.1. The molecule has 0 heterocycles. The van der Waals surface area contributed by atoms with Gasteiger partial charge in [-0.15, -0.1) is 0 Å². The van der Waals surface area contributed by atoms with Gasteiger partial charge in [0.2, 0.25) is 10.0 Å². The van der Waals surface area contributed by atoms with Crippen molar-refractivity contribution in [3.63, 3.8) is 0 Å². The third-order valence-corrected chi connectivity index (χ3v) is 4.64. The van der Waals surface area contributed by atoms with Gasteiger partial charge in [-0.3, -0.25) is 9.52 Å². The van der Waals surface area contributed by atoms with E-state index in [1.54, 1.807) is 0 Å². The fraction of sp³-hybridized carbons (Fsp3) is 0.278. The fourth-order valence-electron chi connectivity index (χ4n) is 2.43. The average molecular weight is 381 g/mol. The van der Waals surface area contributed by atoms with Crippen molar-refractivity contribution in [3.8, 4) is 0 Å². The second kappa shape index (κ2) is 7.89. The molecule has 1 amide bonds. The monoisotopic (exact) mass is 380 g/mol. The fourth-order valence-corrected chi connectivity index (χ4v) is 3.19. The van der Waals surface area contributed by atoms with E-state index in [0.29, 0.717) is 12.1 Å². The van der Waals surface area contributed by atoms with E-state index >= 15 is 0 Å². The number of aryl methyl sites for hydroxylation is 1. The van der Waals surface area contributed by atoms with Gasteiger partial charge in [0.25, 0.3) is 5.91 Å². The van der Waals surface area contributed by atoms with E-state index in [1.807, 2.05) is 38.1 Å². The predicted molar refractivity (Wildman–Crippen MR) is 102 cm³/mol. The maximum absolute atomic E-state index is 12.6. The Balaban J connectivity index is 2.24. The molecular weight excluding hydrogens is 360 g/mol. The molecule has 0 aliphatic carbocycles. The Kier molecular flexibility index (Phi) is 6.08. The van der Waals surface area contributed by atoms with E-state index in [-0.39, 0.29) is 22.5 Å². The molecule has 0 radical (unpaired) electrons. The molecule has 0 aliphatic rings. The first kappa shape index (κ1) is 19.3. The largest absolute Gasteiger partial charge is 0.345 e. The van der Waals surface area contributed by atoms with Gasteiger partial charge in [0.1, 0.15) is 0 Å². The molecule has 2 N–H and O–H groups in total. The van der Waals surface area contributed by atoms with Crippen LogP contribution in [0.2, 0.25) is 5.02 Å². The number of carbonyl (C=O) groups excluding carboxylic acids is 1. The molecular formula is C18H21ClN2O3S. The molecule has 0 saturated heterocycles. The van der Waals surface area contributed by atoms with E-state index in [4.69, 9.17) is 11.6 Å². The summed E-state index contributed by atoms with van der Waals surface area (Å²) in [6, 6.07) is 12.2. The van der Waals surface area contributed by atoms with Gasteiger partial charge in [-0.05, 0) is 37.1 Å². The van der Waals surface area contributed by atoms with Crippen LogP contribution in [0.15, 0.2) is 42.5 Å².